The molecule has 132 valence electrons. The molecule has 3 aliphatic rings. The van der Waals surface area contributed by atoms with Crippen LogP contribution in [0.2, 0.25) is 0 Å². The molecule has 0 unspecified atom stereocenters. The summed E-state index contributed by atoms with van der Waals surface area (Å²) in [5, 5.41) is 13.9. The molecule has 2 atom stereocenters. The van der Waals surface area contributed by atoms with Gasteiger partial charge in [-0.05, 0) is 12.8 Å². The molecule has 3 saturated heterocycles. The van der Waals surface area contributed by atoms with E-state index in [-0.39, 0.29) is 5.92 Å². The van der Waals surface area contributed by atoms with Crippen molar-refractivity contribution in [2.45, 2.75) is 32.4 Å². The number of aromatic nitrogens is 2. The first kappa shape index (κ1) is 16.0. The number of aliphatic carboxylic acids is 1. The summed E-state index contributed by atoms with van der Waals surface area (Å²) in [5.41, 5.74) is -0.670. The van der Waals surface area contributed by atoms with Crippen LogP contribution in [-0.2, 0) is 16.1 Å². The van der Waals surface area contributed by atoms with Gasteiger partial charge in [0, 0.05) is 58.3 Å². The van der Waals surface area contributed by atoms with Gasteiger partial charge in [0.25, 0.3) is 0 Å². The summed E-state index contributed by atoms with van der Waals surface area (Å²) in [5.74, 6) is 0.664. The smallest absolute Gasteiger partial charge is 0.312 e. The van der Waals surface area contributed by atoms with Crippen molar-refractivity contribution in [1.82, 2.24) is 19.9 Å². The molecule has 0 amide bonds. The minimum atomic E-state index is -0.672. The number of ether oxygens (including phenoxy) is 1. The fraction of sp³-hybridized carbons (Fsp3) is 0.812. The number of hydrogen-bond acceptors (Lipinski definition) is 7. The van der Waals surface area contributed by atoms with Gasteiger partial charge < -0.3 is 14.4 Å². The molecule has 8 heteroatoms. The van der Waals surface area contributed by atoms with E-state index in [0.717, 1.165) is 39.1 Å². The predicted octanol–water partition coefficient (Wildman–Crippen LogP) is 0.375. The summed E-state index contributed by atoms with van der Waals surface area (Å²) in [4.78, 5) is 20.9. The van der Waals surface area contributed by atoms with Crippen LogP contribution in [0.5, 0.6) is 0 Å². The van der Waals surface area contributed by atoms with Crippen molar-refractivity contribution in [2.24, 2.45) is 11.3 Å². The second-order valence-electron chi connectivity index (χ2n) is 7.33. The molecule has 0 radical (unpaired) electrons. The molecule has 1 N–H and O–H groups in total. The Bertz CT molecular complexity index is 615. The maximum atomic E-state index is 12.1. The van der Waals surface area contributed by atoms with Crippen LogP contribution < -0.4 is 0 Å². The molecule has 8 nitrogen and oxygen atoms in total. The van der Waals surface area contributed by atoms with Crippen molar-refractivity contribution < 1.29 is 19.2 Å². The Morgan fingerprint density at radius 1 is 1.33 bits per heavy atom. The van der Waals surface area contributed by atoms with Crippen LogP contribution >= 0.6 is 0 Å². The van der Waals surface area contributed by atoms with Gasteiger partial charge in [0.1, 0.15) is 0 Å². The van der Waals surface area contributed by atoms with Gasteiger partial charge in [-0.2, -0.15) is 4.98 Å². The number of carboxylic acid groups (broad SMARTS) is 1. The lowest BCUT2D eigenvalue weighted by atomic mass is 9.81. The molecule has 0 aromatic carbocycles. The monoisotopic (exact) mass is 336 g/mol. The van der Waals surface area contributed by atoms with E-state index in [2.05, 4.69) is 19.9 Å². The van der Waals surface area contributed by atoms with E-state index in [4.69, 9.17) is 9.26 Å². The predicted molar refractivity (Wildman–Crippen MR) is 83.3 cm³/mol. The third kappa shape index (κ3) is 2.72. The van der Waals surface area contributed by atoms with Gasteiger partial charge in [-0.25, -0.2) is 0 Å². The SMILES string of the molecule is Cc1nc(CN2C[C@H]3CN(C4CCOCC4)C[C@@]3(C(=O)O)C2)no1. The Hall–Kier alpha value is -1.51. The molecule has 0 bridgehead atoms. The van der Waals surface area contributed by atoms with Gasteiger partial charge in [0.2, 0.25) is 5.89 Å². The zero-order chi connectivity index (χ0) is 16.7. The van der Waals surface area contributed by atoms with Gasteiger partial charge in [0.05, 0.1) is 12.0 Å². The largest absolute Gasteiger partial charge is 0.481 e. The third-order valence-electron chi connectivity index (χ3n) is 5.77. The fourth-order valence-electron chi connectivity index (χ4n) is 4.57. The molecule has 3 aliphatic heterocycles. The van der Waals surface area contributed by atoms with Crippen molar-refractivity contribution in [3.8, 4) is 0 Å². The number of rotatable bonds is 4. The highest BCUT2D eigenvalue weighted by Gasteiger charge is 2.58. The van der Waals surface area contributed by atoms with Gasteiger partial charge in [-0.15, -0.1) is 0 Å². The summed E-state index contributed by atoms with van der Waals surface area (Å²) in [7, 11) is 0. The summed E-state index contributed by atoms with van der Waals surface area (Å²) < 4.78 is 10.5. The maximum Gasteiger partial charge on any atom is 0.312 e. The standard InChI is InChI=1S/C16H24N4O4/c1-11-17-14(18-24-11)8-19-6-12-7-20(13-2-4-23-5-3-13)10-16(12,9-19)15(21)22/h12-13H,2-10H2,1H3,(H,21,22)/t12-,16-/m0/s1. The Balaban J connectivity index is 1.45. The average molecular weight is 336 g/mol. The molecular formula is C16H24N4O4. The molecule has 0 aliphatic carbocycles. The second-order valence-corrected chi connectivity index (χ2v) is 7.33. The summed E-state index contributed by atoms with van der Waals surface area (Å²) in [6.07, 6.45) is 2.02. The summed E-state index contributed by atoms with van der Waals surface area (Å²) >= 11 is 0. The van der Waals surface area contributed by atoms with Gasteiger partial charge in [-0.3, -0.25) is 14.6 Å². The van der Waals surface area contributed by atoms with Crippen molar-refractivity contribution in [1.29, 1.82) is 0 Å². The highest BCUT2D eigenvalue weighted by Crippen LogP contribution is 2.44. The van der Waals surface area contributed by atoms with Crippen molar-refractivity contribution >= 4 is 5.97 Å². The molecule has 1 aromatic heterocycles. The first-order valence-electron chi connectivity index (χ1n) is 8.63. The van der Waals surface area contributed by atoms with Crippen LogP contribution in [0.15, 0.2) is 4.52 Å². The van der Waals surface area contributed by atoms with E-state index in [0.29, 0.717) is 37.4 Å². The average Bonchev–Trinajstić information content (AvgIpc) is 3.21. The topological polar surface area (TPSA) is 91.9 Å². The second kappa shape index (κ2) is 6.09. The van der Waals surface area contributed by atoms with Crippen molar-refractivity contribution in [3.63, 3.8) is 0 Å². The number of carboxylic acids is 1. The number of nitrogens with zero attached hydrogens (tertiary/aromatic N) is 4. The van der Waals surface area contributed by atoms with E-state index >= 15 is 0 Å². The molecule has 4 heterocycles. The molecule has 0 saturated carbocycles. The van der Waals surface area contributed by atoms with Crippen molar-refractivity contribution in [3.05, 3.63) is 11.7 Å². The van der Waals surface area contributed by atoms with Crippen LogP contribution in [-0.4, -0.2) is 76.5 Å². The zero-order valence-corrected chi connectivity index (χ0v) is 14.0. The first-order valence-corrected chi connectivity index (χ1v) is 8.63. The van der Waals surface area contributed by atoms with Crippen molar-refractivity contribution in [2.75, 3.05) is 39.4 Å². The fourth-order valence-corrected chi connectivity index (χ4v) is 4.57. The zero-order valence-electron chi connectivity index (χ0n) is 14.0. The minimum Gasteiger partial charge on any atom is -0.481 e. The molecular weight excluding hydrogens is 312 g/mol. The lowest BCUT2D eigenvalue weighted by Gasteiger charge is -2.33. The van der Waals surface area contributed by atoms with Crippen LogP contribution in [0, 0.1) is 18.3 Å². The summed E-state index contributed by atoms with van der Waals surface area (Å²) in [6.45, 7) is 6.72. The number of hydrogen-bond donors (Lipinski definition) is 1. The Morgan fingerprint density at radius 2 is 2.12 bits per heavy atom. The Kier molecular flexibility index (Phi) is 4.06. The normalized spacial score (nSPS) is 32.3. The Labute approximate surface area is 140 Å². The van der Waals surface area contributed by atoms with Gasteiger partial charge >= 0.3 is 5.97 Å². The number of carbonyl (C=O) groups is 1. The lowest BCUT2D eigenvalue weighted by Crippen LogP contribution is -2.44. The number of fused-ring (bicyclic) bond motifs is 1. The number of aryl methyl sites for hydroxylation is 1. The Morgan fingerprint density at radius 3 is 2.75 bits per heavy atom. The summed E-state index contributed by atoms with van der Waals surface area (Å²) in [6, 6.07) is 0.467. The molecule has 3 fully saturated rings. The quantitative estimate of drug-likeness (QED) is 0.843. The highest BCUT2D eigenvalue weighted by molar-refractivity contribution is 5.77. The molecule has 24 heavy (non-hydrogen) atoms. The number of likely N-dealkylation sites (tertiary alicyclic amines) is 2. The van der Waals surface area contributed by atoms with E-state index in [1.54, 1.807) is 6.92 Å². The van der Waals surface area contributed by atoms with Crippen LogP contribution in [0.4, 0.5) is 0 Å². The van der Waals surface area contributed by atoms with E-state index in [9.17, 15) is 9.90 Å². The first-order chi connectivity index (χ1) is 11.6. The molecule has 0 spiro atoms. The van der Waals surface area contributed by atoms with E-state index < -0.39 is 11.4 Å². The van der Waals surface area contributed by atoms with Gasteiger partial charge in [0.15, 0.2) is 5.82 Å². The van der Waals surface area contributed by atoms with Gasteiger partial charge in [-0.1, -0.05) is 5.16 Å². The third-order valence-corrected chi connectivity index (χ3v) is 5.77. The maximum absolute atomic E-state index is 12.1. The van der Waals surface area contributed by atoms with E-state index in [1.165, 1.54) is 0 Å². The van der Waals surface area contributed by atoms with Crippen LogP contribution in [0.25, 0.3) is 0 Å². The van der Waals surface area contributed by atoms with E-state index in [1.807, 2.05) is 0 Å². The minimum absolute atomic E-state index is 0.158. The molecule has 4 rings (SSSR count). The lowest BCUT2D eigenvalue weighted by molar-refractivity contribution is -0.149. The van der Waals surface area contributed by atoms with Crippen LogP contribution in [0.1, 0.15) is 24.6 Å². The molecule has 1 aromatic rings. The van der Waals surface area contributed by atoms with Crippen LogP contribution in [0.3, 0.4) is 0 Å². The highest BCUT2D eigenvalue weighted by atomic mass is 16.5.